The zero-order valence-corrected chi connectivity index (χ0v) is 18.4. The number of furan rings is 1. The molecule has 0 unspecified atom stereocenters. The van der Waals surface area contributed by atoms with Crippen LogP contribution in [0.15, 0.2) is 82.4 Å². The third-order valence-corrected chi connectivity index (χ3v) is 6.42. The molecule has 4 aromatic rings. The van der Waals surface area contributed by atoms with Crippen molar-refractivity contribution in [2.24, 2.45) is 0 Å². The summed E-state index contributed by atoms with van der Waals surface area (Å²) in [5, 5.41) is 7.11. The lowest BCUT2D eigenvalue weighted by Crippen LogP contribution is -2.23. The molecule has 2 aromatic heterocycles. The lowest BCUT2D eigenvalue weighted by Gasteiger charge is -2.10. The summed E-state index contributed by atoms with van der Waals surface area (Å²) in [6.45, 7) is 3.82. The first-order valence-corrected chi connectivity index (χ1v) is 11.4. The number of nitrogens with one attached hydrogen (secondary N) is 2. The van der Waals surface area contributed by atoms with Crippen molar-refractivity contribution in [3.8, 4) is 5.69 Å². The highest BCUT2D eigenvalue weighted by Gasteiger charge is 2.18. The quantitative estimate of drug-likeness (QED) is 0.445. The summed E-state index contributed by atoms with van der Waals surface area (Å²) in [5.41, 5.74) is 3.36. The van der Waals surface area contributed by atoms with Crippen LogP contribution in [0.1, 0.15) is 27.4 Å². The van der Waals surface area contributed by atoms with Gasteiger partial charge in [-0.15, -0.1) is 0 Å². The molecular formula is C23H22N4O4S. The van der Waals surface area contributed by atoms with Crippen molar-refractivity contribution in [3.05, 3.63) is 95.7 Å². The summed E-state index contributed by atoms with van der Waals surface area (Å²) in [5.74, 6) is 0.125. The Hall–Kier alpha value is -3.69. The normalized spacial score (nSPS) is 11.4. The topological polar surface area (TPSA) is 106 Å². The Bertz CT molecular complexity index is 1360. The number of carbonyl (C=O) groups is 1. The van der Waals surface area contributed by atoms with Crippen LogP contribution < -0.4 is 10.0 Å². The average molecular weight is 451 g/mol. The van der Waals surface area contributed by atoms with E-state index < -0.39 is 10.0 Å². The van der Waals surface area contributed by atoms with Crippen LogP contribution in [0.3, 0.4) is 0 Å². The smallest absolute Gasteiger partial charge is 0.259 e. The molecule has 4 rings (SSSR count). The van der Waals surface area contributed by atoms with Gasteiger partial charge in [0.05, 0.1) is 40.8 Å². The molecule has 32 heavy (non-hydrogen) atoms. The lowest BCUT2D eigenvalue weighted by molar-refractivity contribution is 0.102. The van der Waals surface area contributed by atoms with Gasteiger partial charge in [0, 0.05) is 5.69 Å². The van der Waals surface area contributed by atoms with Crippen molar-refractivity contribution >= 4 is 21.6 Å². The minimum absolute atomic E-state index is 0.0310. The van der Waals surface area contributed by atoms with E-state index in [9.17, 15) is 13.2 Å². The molecule has 0 aliphatic rings. The summed E-state index contributed by atoms with van der Waals surface area (Å²) in [7, 11) is -3.78. The monoisotopic (exact) mass is 450 g/mol. The predicted molar refractivity (Wildman–Crippen MR) is 120 cm³/mol. The molecular weight excluding hydrogens is 428 g/mol. The van der Waals surface area contributed by atoms with Crippen LogP contribution in [0.2, 0.25) is 0 Å². The third-order valence-electron chi connectivity index (χ3n) is 5.02. The van der Waals surface area contributed by atoms with E-state index in [0.717, 1.165) is 11.3 Å². The van der Waals surface area contributed by atoms with E-state index in [1.54, 1.807) is 28.9 Å². The van der Waals surface area contributed by atoms with Crippen LogP contribution >= 0.6 is 0 Å². The van der Waals surface area contributed by atoms with E-state index >= 15 is 0 Å². The van der Waals surface area contributed by atoms with Gasteiger partial charge in [-0.2, -0.15) is 5.10 Å². The first kappa shape index (κ1) is 21.5. The Labute approximate surface area is 185 Å². The van der Waals surface area contributed by atoms with Crippen molar-refractivity contribution in [2.45, 2.75) is 25.3 Å². The Kier molecular flexibility index (Phi) is 5.93. The van der Waals surface area contributed by atoms with Gasteiger partial charge in [0.25, 0.3) is 5.91 Å². The Balaban J connectivity index is 1.52. The number of para-hydroxylation sites is 1. The Morgan fingerprint density at radius 1 is 1.06 bits per heavy atom. The van der Waals surface area contributed by atoms with E-state index in [1.165, 1.54) is 24.6 Å². The van der Waals surface area contributed by atoms with Crippen molar-refractivity contribution in [1.29, 1.82) is 0 Å². The number of carbonyl (C=O) groups excluding carboxylic acids is 1. The fourth-order valence-corrected chi connectivity index (χ4v) is 4.32. The van der Waals surface area contributed by atoms with Crippen molar-refractivity contribution in [1.82, 2.24) is 14.5 Å². The van der Waals surface area contributed by atoms with Crippen LogP contribution in [0.4, 0.5) is 5.69 Å². The second-order valence-electron chi connectivity index (χ2n) is 7.23. The van der Waals surface area contributed by atoms with Gasteiger partial charge in [0.15, 0.2) is 0 Å². The van der Waals surface area contributed by atoms with Crippen LogP contribution in [-0.2, 0) is 16.6 Å². The number of amides is 1. The zero-order chi connectivity index (χ0) is 22.7. The standard InChI is InChI=1S/C23H22N4O4S/c1-16-7-3-4-11-22(16)27-17(2)21(15-24-27)23(28)26-18-8-5-10-20(13-18)32(29,30)25-14-19-9-6-12-31-19/h3-13,15,25H,14H2,1-2H3,(H,26,28). The summed E-state index contributed by atoms with van der Waals surface area (Å²) in [4.78, 5) is 12.9. The molecule has 1 amide bonds. The van der Waals surface area contributed by atoms with Gasteiger partial charge in [0.2, 0.25) is 10.0 Å². The minimum atomic E-state index is -3.78. The van der Waals surface area contributed by atoms with Gasteiger partial charge in [-0.05, 0) is 55.8 Å². The lowest BCUT2D eigenvalue weighted by atomic mass is 10.2. The summed E-state index contributed by atoms with van der Waals surface area (Å²) < 4.78 is 34.5. The second kappa shape index (κ2) is 8.81. The van der Waals surface area contributed by atoms with Crippen molar-refractivity contribution < 1.29 is 17.6 Å². The third kappa shape index (κ3) is 4.48. The van der Waals surface area contributed by atoms with Gasteiger partial charge in [-0.1, -0.05) is 24.3 Å². The van der Waals surface area contributed by atoms with Gasteiger partial charge < -0.3 is 9.73 Å². The fourth-order valence-electron chi connectivity index (χ4n) is 3.28. The SMILES string of the molecule is Cc1ccccc1-n1ncc(C(=O)Nc2cccc(S(=O)(=O)NCc3ccco3)c2)c1C. The highest BCUT2D eigenvalue weighted by molar-refractivity contribution is 7.89. The molecule has 2 N–H and O–H groups in total. The number of aryl methyl sites for hydroxylation is 1. The van der Waals surface area contributed by atoms with Crippen molar-refractivity contribution in [2.75, 3.05) is 5.32 Å². The van der Waals surface area contributed by atoms with Gasteiger partial charge in [-0.25, -0.2) is 17.8 Å². The molecule has 0 radical (unpaired) electrons. The highest BCUT2D eigenvalue weighted by Crippen LogP contribution is 2.20. The molecule has 0 fully saturated rings. The predicted octanol–water partition coefficient (Wildman–Crippen LogP) is 3.81. The molecule has 0 aliphatic carbocycles. The van der Waals surface area contributed by atoms with Gasteiger partial charge in [-0.3, -0.25) is 4.79 Å². The molecule has 164 valence electrons. The molecule has 0 saturated heterocycles. The molecule has 9 heteroatoms. The van der Waals surface area contributed by atoms with E-state index in [0.29, 0.717) is 22.7 Å². The maximum atomic E-state index is 12.9. The van der Waals surface area contributed by atoms with Crippen LogP contribution in [0.25, 0.3) is 5.69 Å². The summed E-state index contributed by atoms with van der Waals surface area (Å²) in [6, 6.07) is 17.2. The largest absolute Gasteiger partial charge is 0.468 e. The molecule has 8 nitrogen and oxygen atoms in total. The Morgan fingerprint density at radius 2 is 1.88 bits per heavy atom. The average Bonchev–Trinajstić information content (AvgIpc) is 3.43. The number of hydrogen-bond donors (Lipinski definition) is 2. The minimum Gasteiger partial charge on any atom is -0.468 e. The van der Waals surface area contributed by atoms with E-state index in [-0.39, 0.29) is 17.3 Å². The number of sulfonamides is 1. The van der Waals surface area contributed by atoms with E-state index in [1.807, 2.05) is 38.1 Å². The number of hydrogen-bond acceptors (Lipinski definition) is 5. The van der Waals surface area contributed by atoms with Crippen LogP contribution in [0, 0.1) is 13.8 Å². The molecule has 0 aliphatic heterocycles. The number of aromatic nitrogens is 2. The first-order chi connectivity index (χ1) is 15.3. The maximum absolute atomic E-state index is 12.9. The van der Waals surface area contributed by atoms with Gasteiger partial charge >= 0.3 is 0 Å². The molecule has 0 bridgehead atoms. The Morgan fingerprint density at radius 3 is 2.62 bits per heavy atom. The first-order valence-electron chi connectivity index (χ1n) is 9.89. The summed E-state index contributed by atoms with van der Waals surface area (Å²) in [6.07, 6.45) is 2.98. The number of nitrogens with zero attached hydrogens (tertiary/aromatic N) is 2. The number of benzene rings is 2. The molecule has 0 atom stereocenters. The van der Waals surface area contributed by atoms with Crippen LogP contribution in [-0.4, -0.2) is 24.1 Å². The van der Waals surface area contributed by atoms with Gasteiger partial charge in [0.1, 0.15) is 5.76 Å². The van der Waals surface area contributed by atoms with Crippen LogP contribution in [0.5, 0.6) is 0 Å². The molecule has 2 heterocycles. The zero-order valence-electron chi connectivity index (χ0n) is 17.6. The molecule has 2 aromatic carbocycles. The highest BCUT2D eigenvalue weighted by atomic mass is 32.2. The fraction of sp³-hybridized carbons (Fsp3) is 0.130. The summed E-state index contributed by atoms with van der Waals surface area (Å²) >= 11 is 0. The molecule has 0 spiro atoms. The van der Waals surface area contributed by atoms with Crippen molar-refractivity contribution in [3.63, 3.8) is 0 Å². The number of anilines is 1. The maximum Gasteiger partial charge on any atom is 0.259 e. The number of rotatable bonds is 7. The second-order valence-corrected chi connectivity index (χ2v) is 8.99. The van der Waals surface area contributed by atoms with E-state index in [4.69, 9.17) is 4.42 Å². The van der Waals surface area contributed by atoms with E-state index in [2.05, 4.69) is 15.1 Å². The molecule has 0 saturated carbocycles.